The highest BCUT2D eigenvalue weighted by atomic mass is 16.5. The average Bonchev–Trinajstić information content (AvgIpc) is 2.68. The Balaban J connectivity index is 1.94. The molecule has 0 unspecified atom stereocenters. The highest BCUT2D eigenvalue weighted by molar-refractivity contribution is 5.84. The minimum absolute atomic E-state index is 0.408. The summed E-state index contributed by atoms with van der Waals surface area (Å²) in [7, 11) is 0. The topological polar surface area (TPSA) is 21.3 Å². The highest BCUT2D eigenvalue weighted by Gasteiger charge is 2.17. The molecule has 0 aliphatic carbocycles. The normalized spacial score (nSPS) is 18.0. The minimum atomic E-state index is -2.10. The highest BCUT2D eigenvalue weighted by Crippen LogP contribution is 2.36. The summed E-state index contributed by atoms with van der Waals surface area (Å²) in [5.41, 5.74) is 4.43. The van der Waals surface area contributed by atoms with Gasteiger partial charge in [0.2, 0.25) is 0 Å². The monoisotopic (exact) mass is 269 g/mol. The van der Waals surface area contributed by atoms with Crippen molar-refractivity contribution < 1.29 is 8.85 Å². The number of rotatable bonds is 3. The van der Waals surface area contributed by atoms with Crippen molar-refractivity contribution in [3.8, 4) is 5.75 Å². The summed E-state index contributed by atoms with van der Waals surface area (Å²) in [6, 6.07) is 16.1. The Morgan fingerprint density at radius 3 is 2.85 bits per heavy atom. The van der Waals surface area contributed by atoms with Gasteiger partial charge in [-0.2, -0.15) is 0 Å². The predicted molar refractivity (Wildman–Crippen MR) is 82.8 cm³/mol. The van der Waals surface area contributed by atoms with Crippen molar-refractivity contribution in [3.63, 3.8) is 0 Å². The van der Waals surface area contributed by atoms with Crippen molar-refractivity contribution in [1.82, 2.24) is 5.32 Å². The third-order valence-electron chi connectivity index (χ3n) is 3.49. The molecule has 0 radical (unpaired) electrons. The molecule has 1 heterocycles. The van der Waals surface area contributed by atoms with Gasteiger partial charge in [0.1, 0.15) is 12.4 Å². The third-order valence-corrected chi connectivity index (χ3v) is 3.49. The summed E-state index contributed by atoms with van der Waals surface area (Å²) in [5.74, 6) is 0.860. The van der Waals surface area contributed by atoms with E-state index in [1.807, 2.05) is 36.4 Å². The van der Waals surface area contributed by atoms with Crippen LogP contribution in [-0.2, 0) is 6.61 Å². The number of hydrogen-bond acceptors (Lipinski definition) is 2. The molecule has 1 aliphatic heterocycles. The molecule has 1 N–H and O–H groups in total. The summed E-state index contributed by atoms with van der Waals surface area (Å²) in [4.78, 5) is 0. The van der Waals surface area contributed by atoms with Gasteiger partial charge in [-0.3, -0.25) is 0 Å². The van der Waals surface area contributed by atoms with E-state index in [-0.39, 0.29) is 0 Å². The summed E-state index contributed by atoms with van der Waals surface area (Å²) in [6.07, 6.45) is 2.72. The van der Waals surface area contributed by atoms with E-state index in [1.54, 1.807) is 0 Å². The quantitative estimate of drug-likeness (QED) is 0.679. The van der Waals surface area contributed by atoms with Gasteiger partial charge in [-0.25, -0.2) is 0 Å². The molecule has 0 saturated heterocycles. The van der Waals surface area contributed by atoms with Crippen LogP contribution in [-0.4, -0.2) is 13.5 Å². The Morgan fingerprint density at radius 2 is 1.95 bits per heavy atom. The Hall–Kier alpha value is -2.06. The maximum atomic E-state index is 7.21. The molecule has 3 rings (SSSR count). The van der Waals surface area contributed by atoms with Crippen LogP contribution in [0.5, 0.6) is 5.75 Å². The standard InChI is InChI=1S/C18H19NO/c1-19-12-6-10-16-15-8-3-2-7-14(15)13-20-18-11-5-4-9-17(16)18/h2-5,7-11,19H,6,12-13H2,1H3/i1+1D3. The predicted octanol–water partition coefficient (Wildman–Crippen LogP) is 3.62. The average molecular weight is 269 g/mol. The van der Waals surface area contributed by atoms with Gasteiger partial charge in [-0.15, -0.1) is 0 Å². The first-order chi connectivity index (χ1) is 11.0. The van der Waals surface area contributed by atoms with E-state index in [4.69, 9.17) is 8.85 Å². The Labute approximate surface area is 124 Å². The van der Waals surface area contributed by atoms with Gasteiger partial charge < -0.3 is 10.1 Å². The van der Waals surface area contributed by atoms with Crippen molar-refractivity contribution in [2.24, 2.45) is 0 Å². The van der Waals surface area contributed by atoms with Crippen LogP contribution in [0.2, 0.25) is 0 Å². The number of ether oxygens (including phenoxy) is 1. The first kappa shape index (κ1) is 9.78. The second-order valence-electron chi connectivity index (χ2n) is 4.78. The SMILES string of the molecule is [2H][13C]([2H])([2H])NCCC=C1c2ccccc2COc2ccccc21. The molecule has 2 aromatic rings. The molecule has 0 atom stereocenters. The largest absolute Gasteiger partial charge is 0.488 e. The van der Waals surface area contributed by atoms with Gasteiger partial charge in [0.05, 0.1) is 0 Å². The third kappa shape index (κ3) is 2.47. The van der Waals surface area contributed by atoms with Crippen LogP contribution in [0.3, 0.4) is 0 Å². The maximum absolute atomic E-state index is 7.21. The van der Waals surface area contributed by atoms with E-state index in [0.717, 1.165) is 28.0 Å². The number of benzene rings is 2. The molecule has 2 nitrogen and oxygen atoms in total. The van der Waals surface area contributed by atoms with Gasteiger partial charge in [0.15, 0.2) is 0 Å². The molecule has 20 heavy (non-hydrogen) atoms. The molecule has 0 aromatic heterocycles. The van der Waals surface area contributed by atoms with Crippen LogP contribution < -0.4 is 10.1 Å². The first-order valence-electron chi connectivity index (χ1n) is 8.30. The second-order valence-corrected chi connectivity index (χ2v) is 4.78. The fraction of sp³-hybridized carbons (Fsp3) is 0.222. The Morgan fingerprint density at radius 1 is 1.15 bits per heavy atom. The van der Waals surface area contributed by atoms with Crippen molar-refractivity contribution in [2.45, 2.75) is 13.0 Å². The van der Waals surface area contributed by atoms with Crippen molar-refractivity contribution in [1.29, 1.82) is 0 Å². The lowest BCUT2D eigenvalue weighted by Crippen LogP contribution is -2.06. The fourth-order valence-corrected chi connectivity index (χ4v) is 2.53. The number of para-hydroxylation sites is 1. The van der Waals surface area contributed by atoms with Crippen LogP contribution in [0, 0.1) is 0 Å². The van der Waals surface area contributed by atoms with Crippen molar-refractivity contribution in [2.75, 3.05) is 13.5 Å². The zero-order valence-electron chi connectivity index (χ0n) is 14.2. The number of fused-ring (bicyclic) bond motifs is 2. The van der Waals surface area contributed by atoms with Crippen LogP contribution in [0.1, 0.15) is 27.2 Å². The lowest BCUT2D eigenvalue weighted by atomic mass is 9.93. The summed E-state index contributed by atoms with van der Waals surface area (Å²) in [6.45, 7) is -1.15. The Bertz CT molecular complexity index is 673. The van der Waals surface area contributed by atoms with Crippen LogP contribution >= 0.6 is 0 Å². The summed E-state index contributed by atoms with van der Waals surface area (Å²) < 4.78 is 27.5. The van der Waals surface area contributed by atoms with Gasteiger partial charge in [-0.05, 0) is 42.7 Å². The zero-order valence-corrected chi connectivity index (χ0v) is 11.2. The zero-order chi connectivity index (χ0) is 16.3. The molecule has 2 heteroatoms. The summed E-state index contributed by atoms with van der Waals surface area (Å²) >= 11 is 0. The lowest BCUT2D eigenvalue weighted by Gasteiger charge is -2.10. The maximum Gasteiger partial charge on any atom is 0.127 e. The van der Waals surface area contributed by atoms with Crippen molar-refractivity contribution in [3.05, 3.63) is 71.3 Å². The smallest absolute Gasteiger partial charge is 0.127 e. The number of nitrogens with one attached hydrogen (secondary N) is 1. The molecule has 102 valence electrons. The van der Waals surface area contributed by atoms with E-state index < -0.39 is 6.98 Å². The van der Waals surface area contributed by atoms with Gasteiger partial charge in [-0.1, -0.05) is 48.5 Å². The van der Waals surface area contributed by atoms with Gasteiger partial charge in [0, 0.05) is 9.68 Å². The molecule has 0 saturated carbocycles. The van der Waals surface area contributed by atoms with Crippen LogP contribution in [0.4, 0.5) is 0 Å². The molecule has 0 amide bonds. The summed E-state index contributed by atoms with van der Waals surface area (Å²) in [5, 5.41) is 2.55. The molecule has 0 bridgehead atoms. The van der Waals surface area contributed by atoms with Crippen LogP contribution in [0.25, 0.3) is 5.57 Å². The van der Waals surface area contributed by atoms with Crippen molar-refractivity contribution >= 4 is 5.57 Å². The lowest BCUT2D eigenvalue weighted by molar-refractivity contribution is 0.307. The first-order valence-corrected chi connectivity index (χ1v) is 6.80. The minimum Gasteiger partial charge on any atom is -0.488 e. The molecule has 1 aliphatic rings. The molecule has 2 aromatic carbocycles. The molecule has 0 fully saturated rings. The van der Waals surface area contributed by atoms with E-state index in [0.29, 0.717) is 19.6 Å². The fourth-order valence-electron chi connectivity index (χ4n) is 2.53. The van der Waals surface area contributed by atoms with Gasteiger partial charge in [0.25, 0.3) is 0 Å². The van der Waals surface area contributed by atoms with E-state index >= 15 is 0 Å². The molecular formula is C18H19NO. The number of hydrogen-bond donors (Lipinski definition) is 1. The van der Waals surface area contributed by atoms with Gasteiger partial charge >= 0.3 is 0 Å². The van der Waals surface area contributed by atoms with E-state index in [9.17, 15) is 0 Å². The van der Waals surface area contributed by atoms with E-state index in [2.05, 4.69) is 23.5 Å². The Kier molecular flexibility index (Phi) is 2.90. The van der Waals surface area contributed by atoms with Crippen LogP contribution in [0.15, 0.2) is 54.6 Å². The molecule has 0 spiro atoms. The second kappa shape index (κ2) is 5.93. The molecular weight excluding hydrogens is 247 g/mol. The van der Waals surface area contributed by atoms with E-state index in [1.165, 1.54) is 0 Å².